The number of halogens is 2. The normalized spacial score (nSPS) is 10.6. The van der Waals surface area contributed by atoms with Crippen molar-refractivity contribution in [1.82, 2.24) is 4.98 Å². The van der Waals surface area contributed by atoms with Gasteiger partial charge in [-0.25, -0.2) is 14.2 Å². The van der Waals surface area contributed by atoms with Crippen LogP contribution in [-0.4, -0.2) is 22.6 Å². The molecule has 0 aliphatic carbocycles. The Morgan fingerprint density at radius 1 is 1.00 bits per heavy atom. The fourth-order valence-electron chi connectivity index (χ4n) is 2.82. The predicted octanol–water partition coefficient (Wildman–Crippen LogP) is 6.18. The van der Waals surface area contributed by atoms with Crippen molar-refractivity contribution in [3.05, 3.63) is 87.8 Å². The monoisotopic (exact) mass is 479 g/mol. The molecule has 2 amide bonds. The van der Waals surface area contributed by atoms with Gasteiger partial charge in [-0.1, -0.05) is 23.4 Å². The number of anilines is 2. The lowest BCUT2D eigenvalue weighted by Crippen LogP contribution is -2.27. The summed E-state index contributed by atoms with van der Waals surface area (Å²) >= 11 is 6.21. The van der Waals surface area contributed by atoms with Crippen LogP contribution in [0, 0.1) is 24.6 Å². The fourth-order valence-corrected chi connectivity index (χ4v) is 3.03. The molecule has 0 bridgehead atoms. The summed E-state index contributed by atoms with van der Waals surface area (Å²) in [4.78, 5) is 29.1. The Bertz CT molecular complexity index is 1290. The third-order valence-electron chi connectivity index (χ3n) is 4.36. The van der Waals surface area contributed by atoms with Gasteiger partial charge in [-0.05, 0) is 81.8 Å². The summed E-state index contributed by atoms with van der Waals surface area (Å²) in [6.07, 6.45) is 0.886. The summed E-state index contributed by atoms with van der Waals surface area (Å²) < 4.78 is 18.2. The SMILES string of the molecule is Cc1cc(C#Cc2ccc(F)cc2)cnc1NC(=O)c1cc(NC(=O)OC(C)(C)C)ccc1Cl. The number of hydrogen-bond donors (Lipinski definition) is 2. The van der Waals surface area contributed by atoms with Crippen LogP contribution in [0.5, 0.6) is 0 Å². The van der Waals surface area contributed by atoms with Crippen LogP contribution < -0.4 is 10.6 Å². The number of carbonyl (C=O) groups is 2. The molecule has 6 nitrogen and oxygen atoms in total. The number of benzene rings is 2. The van der Waals surface area contributed by atoms with Crippen molar-refractivity contribution in [2.24, 2.45) is 0 Å². The molecule has 8 heteroatoms. The van der Waals surface area contributed by atoms with E-state index in [1.54, 1.807) is 52.0 Å². The highest BCUT2D eigenvalue weighted by Gasteiger charge is 2.18. The number of nitrogens with zero attached hydrogens (tertiary/aromatic N) is 1. The maximum atomic E-state index is 13.0. The molecule has 3 aromatic rings. The molecule has 0 saturated carbocycles. The van der Waals surface area contributed by atoms with Gasteiger partial charge < -0.3 is 10.1 Å². The minimum absolute atomic E-state index is 0.164. The van der Waals surface area contributed by atoms with Crippen LogP contribution in [0.15, 0.2) is 54.7 Å². The van der Waals surface area contributed by atoms with Crippen molar-refractivity contribution >= 4 is 35.1 Å². The molecule has 3 rings (SSSR count). The Hall–Kier alpha value is -3.89. The number of ether oxygens (including phenoxy) is 1. The zero-order chi connectivity index (χ0) is 24.9. The Morgan fingerprint density at radius 3 is 2.32 bits per heavy atom. The van der Waals surface area contributed by atoms with Gasteiger partial charge in [0.1, 0.15) is 17.2 Å². The van der Waals surface area contributed by atoms with Crippen LogP contribution in [0.3, 0.4) is 0 Å². The highest BCUT2D eigenvalue weighted by molar-refractivity contribution is 6.34. The molecule has 174 valence electrons. The van der Waals surface area contributed by atoms with E-state index in [1.165, 1.54) is 30.5 Å². The topological polar surface area (TPSA) is 80.3 Å². The van der Waals surface area contributed by atoms with E-state index in [0.29, 0.717) is 28.2 Å². The maximum Gasteiger partial charge on any atom is 0.412 e. The maximum absolute atomic E-state index is 13.0. The van der Waals surface area contributed by atoms with Crippen LogP contribution in [0.25, 0.3) is 0 Å². The molecule has 2 aromatic carbocycles. The molecule has 1 heterocycles. The molecule has 0 aliphatic heterocycles. The molecule has 0 saturated heterocycles. The lowest BCUT2D eigenvalue weighted by atomic mass is 10.1. The van der Waals surface area contributed by atoms with Crippen LogP contribution in [0.2, 0.25) is 5.02 Å². The third-order valence-corrected chi connectivity index (χ3v) is 4.69. The molecule has 1 aromatic heterocycles. The third kappa shape index (κ3) is 7.06. The number of amides is 2. The molecule has 2 N–H and O–H groups in total. The van der Waals surface area contributed by atoms with Crippen LogP contribution in [-0.2, 0) is 4.74 Å². The van der Waals surface area contributed by atoms with Crippen molar-refractivity contribution in [3.8, 4) is 11.8 Å². The summed E-state index contributed by atoms with van der Waals surface area (Å²) in [7, 11) is 0. The second-order valence-electron chi connectivity index (χ2n) is 8.42. The minimum atomic E-state index is -0.657. The predicted molar refractivity (Wildman–Crippen MR) is 131 cm³/mol. The minimum Gasteiger partial charge on any atom is -0.444 e. The molecule has 0 unspecified atom stereocenters. The van der Waals surface area contributed by atoms with Gasteiger partial charge in [-0.15, -0.1) is 0 Å². The number of hydrogen-bond acceptors (Lipinski definition) is 4. The van der Waals surface area contributed by atoms with Gasteiger partial charge in [0.25, 0.3) is 5.91 Å². The zero-order valence-corrected chi connectivity index (χ0v) is 19.9. The quantitative estimate of drug-likeness (QED) is 0.439. The molecule has 0 spiro atoms. The Labute approximate surface area is 202 Å². The summed E-state index contributed by atoms with van der Waals surface area (Å²) in [5.41, 5.74) is 1.87. The highest BCUT2D eigenvalue weighted by atomic mass is 35.5. The van der Waals surface area contributed by atoms with Crippen LogP contribution >= 0.6 is 11.6 Å². The molecule has 0 aliphatic rings. The number of aryl methyl sites for hydroxylation is 1. The van der Waals surface area contributed by atoms with E-state index in [1.807, 2.05) is 0 Å². The second kappa shape index (κ2) is 10.4. The highest BCUT2D eigenvalue weighted by Crippen LogP contribution is 2.23. The number of aromatic nitrogens is 1. The van der Waals surface area contributed by atoms with Crippen LogP contribution in [0.4, 0.5) is 20.7 Å². The molecule has 0 atom stereocenters. The first-order chi connectivity index (χ1) is 16.0. The first-order valence-corrected chi connectivity index (χ1v) is 10.7. The zero-order valence-electron chi connectivity index (χ0n) is 19.1. The number of pyridine rings is 1. The summed E-state index contributed by atoms with van der Waals surface area (Å²) in [6, 6.07) is 12.2. The lowest BCUT2D eigenvalue weighted by Gasteiger charge is -2.20. The lowest BCUT2D eigenvalue weighted by molar-refractivity contribution is 0.0635. The second-order valence-corrected chi connectivity index (χ2v) is 8.83. The van der Waals surface area contributed by atoms with Gasteiger partial charge in [-0.3, -0.25) is 10.1 Å². The van der Waals surface area contributed by atoms with Crippen LogP contribution in [0.1, 0.15) is 47.8 Å². The first kappa shape index (κ1) is 24.7. The molecular weight excluding hydrogens is 457 g/mol. The number of nitrogens with one attached hydrogen (secondary N) is 2. The van der Waals surface area contributed by atoms with Crippen molar-refractivity contribution in [2.75, 3.05) is 10.6 Å². The van der Waals surface area contributed by atoms with Crippen molar-refractivity contribution in [2.45, 2.75) is 33.3 Å². The average Bonchev–Trinajstić information content (AvgIpc) is 2.75. The Kier molecular flexibility index (Phi) is 7.54. The number of rotatable bonds is 3. The van der Waals surface area contributed by atoms with Crippen molar-refractivity contribution < 1.29 is 18.7 Å². The van der Waals surface area contributed by atoms with E-state index < -0.39 is 17.6 Å². The van der Waals surface area contributed by atoms with E-state index in [2.05, 4.69) is 27.5 Å². The Morgan fingerprint density at radius 2 is 1.68 bits per heavy atom. The molecule has 34 heavy (non-hydrogen) atoms. The van der Waals surface area contributed by atoms with Gasteiger partial charge in [0.2, 0.25) is 0 Å². The van der Waals surface area contributed by atoms with E-state index in [0.717, 1.165) is 0 Å². The summed E-state index contributed by atoms with van der Waals surface area (Å²) in [5, 5.41) is 5.52. The van der Waals surface area contributed by atoms with Gasteiger partial charge in [0.15, 0.2) is 0 Å². The smallest absolute Gasteiger partial charge is 0.412 e. The van der Waals surface area contributed by atoms with E-state index in [-0.39, 0.29) is 16.4 Å². The number of carbonyl (C=O) groups excluding carboxylic acids is 2. The first-order valence-electron chi connectivity index (χ1n) is 10.4. The van der Waals surface area contributed by atoms with E-state index >= 15 is 0 Å². The van der Waals surface area contributed by atoms with Gasteiger partial charge >= 0.3 is 6.09 Å². The average molecular weight is 480 g/mol. The van der Waals surface area contributed by atoms with Crippen molar-refractivity contribution in [3.63, 3.8) is 0 Å². The van der Waals surface area contributed by atoms with Gasteiger partial charge in [0, 0.05) is 23.0 Å². The molecule has 0 fully saturated rings. The molecule has 0 radical (unpaired) electrons. The largest absolute Gasteiger partial charge is 0.444 e. The van der Waals surface area contributed by atoms with Gasteiger partial charge in [0.05, 0.1) is 10.6 Å². The fraction of sp³-hybridized carbons (Fsp3) is 0.192. The molecular formula is C26H23ClFN3O3. The van der Waals surface area contributed by atoms with Gasteiger partial charge in [-0.2, -0.15) is 0 Å². The van der Waals surface area contributed by atoms with E-state index in [9.17, 15) is 14.0 Å². The summed E-state index contributed by atoms with van der Waals surface area (Å²) in [5.74, 6) is 5.44. The Balaban J connectivity index is 1.73. The van der Waals surface area contributed by atoms with E-state index in [4.69, 9.17) is 16.3 Å². The van der Waals surface area contributed by atoms with Crippen molar-refractivity contribution in [1.29, 1.82) is 0 Å². The standard InChI is InChI=1S/C26H23ClFN3O3/c1-16-13-18(6-5-17-7-9-19(28)10-8-17)15-29-23(16)31-24(32)21-14-20(11-12-22(21)27)30-25(33)34-26(2,3)4/h7-15H,1-4H3,(H,30,33)(H,29,31,32). The summed E-state index contributed by atoms with van der Waals surface area (Å²) in [6.45, 7) is 7.04.